The van der Waals surface area contributed by atoms with Gasteiger partial charge in [-0.25, -0.2) is 0 Å². The lowest BCUT2D eigenvalue weighted by Gasteiger charge is -2.29. The predicted molar refractivity (Wildman–Crippen MR) is 117 cm³/mol. The van der Waals surface area contributed by atoms with Gasteiger partial charge < -0.3 is 15.5 Å². The molecule has 0 amide bonds. The molecule has 0 unspecified atom stereocenters. The fraction of sp³-hybridized carbons (Fsp3) is 0.364. The molecule has 28 heavy (non-hydrogen) atoms. The molecule has 3 rings (SSSR count). The Kier molecular flexibility index (Phi) is 6.10. The summed E-state index contributed by atoms with van der Waals surface area (Å²) in [7, 11) is 4.47. The maximum Gasteiger partial charge on any atom is 0.196 e. The van der Waals surface area contributed by atoms with Crippen molar-refractivity contribution in [2.75, 3.05) is 56.8 Å². The Morgan fingerprint density at radius 2 is 1.61 bits per heavy atom. The van der Waals surface area contributed by atoms with Gasteiger partial charge in [-0.3, -0.25) is 9.59 Å². The molecular formula is C22H28N3O2S+. The van der Waals surface area contributed by atoms with E-state index in [2.05, 4.69) is 25.7 Å². The van der Waals surface area contributed by atoms with E-state index in [0.29, 0.717) is 33.6 Å². The van der Waals surface area contributed by atoms with Crippen molar-refractivity contribution in [3.8, 4) is 0 Å². The van der Waals surface area contributed by atoms with Gasteiger partial charge in [-0.1, -0.05) is 24.3 Å². The summed E-state index contributed by atoms with van der Waals surface area (Å²) < 4.78 is 0.965. The number of hydrogen-bond donors (Lipinski definition) is 2. The van der Waals surface area contributed by atoms with E-state index < -0.39 is 0 Å². The number of anilines is 2. The third-order valence-corrected chi connectivity index (χ3v) is 5.86. The standard InChI is InChI=1S/C22H27N3O2S/c1-25(2,13-14-28-3)12-6-11-24-18-10-9-17(23)19-20(18)22(27)16-8-5-4-7-15(16)21(19)26/h4-5,7-10H,6,11-14H2,1-3H3,(H2-,23,24,26,27)/p+1. The Hall–Kier alpha value is -2.31. The zero-order chi connectivity index (χ0) is 20.3. The summed E-state index contributed by atoms with van der Waals surface area (Å²) in [5.74, 6) is 0.819. The third-order valence-electron chi connectivity index (χ3n) is 5.26. The molecule has 1 aliphatic rings. The molecule has 0 aromatic heterocycles. The van der Waals surface area contributed by atoms with Crippen molar-refractivity contribution in [1.82, 2.24) is 0 Å². The largest absolute Gasteiger partial charge is 0.398 e. The molecule has 0 atom stereocenters. The second-order valence-corrected chi connectivity index (χ2v) is 8.80. The van der Waals surface area contributed by atoms with Crippen LogP contribution in [0.2, 0.25) is 0 Å². The number of hydrogen-bond acceptors (Lipinski definition) is 5. The molecule has 1 aliphatic carbocycles. The van der Waals surface area contributed by atoms with Crippen molar-refractivity contribution < 1.29 is 14.1 Å². The van der Waals surface area contributed by atoms with Crippen LogP contribution in [0.25, 0.3) is 0 Å². The van der Waals surface area contributed by atoms with Gasteiger partial charge in [0.2, 0.25) is 0 Å². The number of nitrogens with one attached hydrogen (secondary N) is 1. The molecule has 148 valence electrons. The van der Waals surface area contributed by atoms with E-state index >= 15 is 0 Å². The number of quaternary nitrogens is 1. The molecule has 2 aromatic rings. The van der Waals surface area contributed by atoms with Gasteiger partial charge in [-0.15, -0.1) is 0 Å². The topological polar surface area (TPSA) is 72.2 Å². The normalized spacial score (nSPS) is 13.2. The first kappa shape index (κ1) is 20.4. The molecule has 6 heteroatoms. The predicted octanol–water partition coefficient (Wildman–Crippen LogP) is 3.29. The first-order chi connectivity index (χ1) is 13.4. The number of thioether (sulfide) groups is 1. The molecule has 0 fully saturated rings. The van der Waals surface area contributed by atoms with Gasteiger partial charge >= 0.3 is 0 Å². The molecule has 0 saturated heterocycles. The highest BCUT2D eigenvalue weighted by Gasteiger charge is 2.33. The minimum absolute atomic E-state index is 0.143. The SMILES string of the molecule is CSCC[N+](C)(C)CCCNc1ccc(N)c2c1C(=O)c1ccccc1C2=O. The van der Waals surface area contributed by atoms with Gasteiger partial charge in [0, 0.05) is 41.2 Å². The first-order valence-electron chi connectivity index (χ1n) is 9.51. The maximum absolute atomic E-state index is 13.1. The Bertz CT molecular complexity index is 909. The van der Waals surface area contributed by atoms with E-state index in [4.69, 9.17) is 5.73 Å². The van der Waals surface area contributed by atoms with Crippen LogP contribution < -0.4 is 11.1 Å². The Morgan fingerprint density at radius 1 is 0.964 bits per heavy atom. The molecule has 0 heterocycles. The van der Waals surface area contributed by atoms with E-state index in [1.807, 2.05) is 11.8 Å². The lowest BCUT2D eigenvalue weighted by molar-refractivity contribution is -0.887. The van der Waals surface area contributed by atoms with E-state index in [9.17, 15) is 9.59 Å². The van der Waals surface area contributed by atoms with Crippen LogP contribution in [0.15, 0.2) is 36.4 Å². The quantitative estimate of drug-likeness (QED) is 0.346. The van der Waals surface area contributed by atoms with E-state index in [0.717, 1.165) is 36.3 Å². The highest BCUT2D eigenvalue weighted by molar-refractivity contribution is 7.98. The van der Waals surface area contributed by atoms with Crippen LogP contribution in [0.5, 0.6) is 0 Å². The number of carbonyl (C=O) groups excluding carboxylic acids is 2. The van der Waals surface area contributed by atoms with Crippen LogP contribution in [0.4, 0.5) is 11.4 Å². The van der Waals surface area contributed by atoms with Crippen LogP contribution >= 0.6 is 11.8 Å². The molecule has 0 radical (unpaired) electrons. The molecule has 2 aromatic carbocycles. The zero-order valence-electron chi connectivity index (χ0n) is 16.7. The fourth-order valence-corrected chi connectivity index (χ4v) is 4.25. The molecule has 3 N–H and O–H groups in total. The highest BCUT2D eigenvalue weighted by atomic mass is 32.2. The van der Waals surface area contributed by atoms with Gasteiger partial charge in [0.25, 0.3) is 0 Å². The van der Waals surface area contributed by atoms with E-state index in [-0.39, 0.29) is 11.6 Å². The second kappa shape index (κ2) is 8.37. The average Bonchev–Trinajstić information content (AvgIpc) is 2.68. The number of fused-ring (bicyclic) bond motifs is 2. The van der Waals surface area contributed by atoms with Gasteiger partial charge in [-0.05, 0) is 18.4 Å². The average molecular weight is 399 g/mol. The molecule has 0 spiro atoms. The van der Waals surface area contributed by atoms with Gasteiger partial charge in [-0.2, -0.15) is 11.8 Å². The summed E-state index contributed by atoms with van der Waals surface area (Å²) in [6.45, 7) is 2.91. The van der Waals surface area contributed by atoms with Gasteiger partial charge in [0.15, 0.2) is 11.6 Å². The fourth-order valence-electron chi connectivity index (χ4n) is 3.58. The van der Waals surface area contributed by atoms with Crippen molar-refractivity contribution in [1.29, 1.82) is 0 Å². The van der Waals surface area contributed by atoms with Gasteiger partial charge in [0.1, 0.15) is 0 Å². The van der Waals surface area contributed by atoms with Crippen LogP contribution in [0, 0.1) is 0 Å². The monoisotopic (exact) mass is 398 g/mol. The van der Waals surface area contributed by atoms with Gasteiger partial charge in [0.05, 0.1) is 38.3 Å². The number of benzene rings is 2. The minimum Gasteiger partial charge on any atom is -0.398 e. The van der Waals surface area contributed by atoms with Crippen LogP contribution in [-0.4, -0.2) is 61.8 Å². The van der Waals surface area contributed by atoms with Crippen LogP contribution in [0.3, 0.4) is 0 Å². The van der Waals surface area contributed by atoms with Crippen molar-refractivity contribution in [3.05, 3.63) is 58.7 Å². The lowest BCUT2D eigenvalue weighted by Crippen LogP contribution is -2.42. The zero-order valence-corrected chi connectivity index (χ0v) is 17.6. The number of nitrogen functional groups attached to an aromatic ring is 1. The van der Waals surface area contributed by atoms with Crippen molar-refractivity contribution in [3.63, 3.8) is 0 Å². The van der Waals surface area contributed by atoms with E-state index in [1.165, 1.54) is 0 Å². The van der Waals surface area contributed by atoms with E-state index in [1.54, 1.807) is 36.4 Å². The highest BCUT2D eigenvalue weighted by Crippen LogP contribution is 2.35. The number of nitrogens with two attached hydrogens (primary N) is 1. The summed E-state index contributed by atoms with van der Waals surface area (Å²) in [5, 5.41) is 3.37. The molecule has 0 bridgehead atoms. The summed E-state index contributed by atoms with van der Waals surface area (Å²) in [4.78, 5) is 26.0. The number of carbonyl (C=O) groups is 2. The maximum atomic E-state index is 13.1. The molecule has 5 nitrogen and oxygen atoms in total. The smallest absolute Gasteiger partial charge is 0.196 e. The minimum atomic E-state index is -0.179. The lowest BCUT2D eigenvalue weighted by atomic mass is 9.82. The van der Waals surface area contributed by atoms with Crippen molar-refractivity contribution in [2.24, 2.45) is 0 Å². The number of ketones is 2. The number of nitrogens with zero attached hydrogens (tertiary/aromatic N) is 1. The van der Waals surface area contributed by atoms with Crippen molar-refractivity contribution in [2.45, 2.75) is 6.42 Å². The second-order valence-electron chi connectivity index (χ2n) is 7.81. The number of rotatable bonds is 8. The van der Waals surface area contributed by atoms with Crippen LogP contribution in [-0.2, 0) is 0 Å². The molecular weight excluding hydrogens is 370 g/mol. The Labute approximate surface area is 170 Å². The molecule has 0 saturated carbocycles. The Balaban J connectivity index is 1.78. The summed E-state index contributed by atoms with van der Waals surface area (Å²) in [6, 6.07) is 10.5. The first-order valence-corrected chi connectivity index (χ1v) is 10.9. The summed E-state index contributed by atoms with van der Waals surface area (Å²) in [6.07, 6.45) is 3.10. The summed E-state index contributed by atoms with van der Waals surface area (Å²) in [5.41, 5.74) is 8.71. The Morgan fingerprint density at radius 3 is 2.25 bits per heavy atom. The van der Waals surface area contributed by atoms with Crippen LogP contribution in [0.1, 0.15) is 38.3 Å². The molecule has 0 aliphatic heterocycles. The summed E-state index contributed by atoms with van der Waals surface area (Å²) >= 11 is 1.86. The third kappa shape index (κ3) is 4.08. The van der Waals surface area contributed by atoms with Crippen molar-refractivity contribution >= 4 is 34.7 Å².